The van der Waals surface area contributed by atoms with E-state index >= 15 is 0 Å². The average molecular weight is 514 g/mol. The SMILES string of the molecule is CCc1ccc(CNC(=NC)NCc2ccccc2CN2CCOCC2)s1.I. The minimum Gasteiger partial charge on any atom is -0.379 e. The Hall–Kier alpha value is -1.16. The van der Waals surface area contributed by atoms with E-state index in [1.54, 1.807) is 0 Å². The van der Waals surface area contributed by atoms with Crippen LogP contribution < -0.4 is 10.6 Å². The van der Waals surface area contributed by atoms with E-state index in [4.69, 9.17) is 4.74 Å². The lowest BCUT2D eigenvalue weighted by molar-refractivity contribution is 0.0341. The van der Waals surface area contributed by atoms with Crippen LogP contribution in [-0.2, 0) is 30.8 Å². The lowest BCUT2D eigenvalue weighted by Crippen LogP contribution is -2.37. The molecule has 1 aliphatic rings. The predicted molar refractivity (Wildman–Crippen MR) is 129 cm³/mol. The van der Waals surface area contributed by atoms with Crippen molar-refractivity contribution in [3.8, 4) is 0 Å². The molecule has 2 N–H and O–H groups in total. The van der Waals surface area contributed by atoms with Gasteiger partial charge in [0.1, 0.15) is 0 Å². The summed E-state index contributed by atoms with van der Waals surface area (Å²) in [6.45, 7) is 8.42. The van der Waals surface area contributed by atoms with Crippen LogP contribution in [0.2, 0.25) is 0 Å². The first-order valence-electron chi connectivity index (χ1n) is 9.67. The maximum Gasteiger partial charge on any atom is 0.191 e. The third-order valence-corrected chi connectivity index (χ3v) is 6.01. The second kappa shape index (κ2) is 12.4. The van der Waals surface area contributed by atoms with Gasteiger partial charge in [0.2, 0.25) is 0 Å². The van der Waals surface area contributed by atoms with Gasteiger partial charge < -0.3 is 15.4 Å². The number of nitrogens with one attached hydrogen (secondary N) is 2. The largest absolute Gasteiger partial charge is 0.379 e. The van der Waals surface area contributed by atoms with Gasteiger partial charge in [0.25, 0.3) is 0 Å². The van der Waals surface area contributed by atoms with Crippen molar-refractivity contribution in [2.24, 2.45) is 4.99 Å². The van der Waals surface area contributed by atoms with Gasteiger partial charge >= 0.3 is 0 Å². The molecule has 28 heavy (non-hydrogen) atoms. The summed E-state index contributed by atoms with van der Waals surface area (Å²) in [6, 6.07) is 13.0. The van der Waals surface area contributed by atoms with E-state index in [1.807, 2.05) is 18.4 Å². The van der Waals surface area contributed by atoms with E-state index in [2.05, 4.69) is 63.8 Å². The maximum atomic E-state index is 5.46. The normalized spacial score (nSPS) is 15.1. The highest BCUT2D eigenvalue weighted by Gasteiger charge is 2.12. The van der Waals surface area contributed by atoms with Crippen LogP contribution in [0.15, 0.2) is 41.4 Å². The highest BCUT2D eigenvalue weighted by molar-refractivity contribution is 14.0. The van der Waals surface area contributed by atoms with Crippen LogP contribution >= 0.6 is 35.3 Å². The highest BCUT2D eigenvalue weighted by Crippen LogP contribution is 2.16. The van der Waals surface area contributed by atoms with Crippen molar-refractivity contribution < 1.29 is 4.74 Å². The maximum absolute atomic E-state index is 5.46. The van der Waals surface area contributed by atoms with Crippen molar-refractivity contribution in [3.63, 3.8) is 0 Å². The van der Waals surface area contributed by atoms with Gasteiger partial charge in [-0.15, -0.1) is 35.3 Å². The number of morpholine rings is 1. The Kier molecular flexibility index (Phi) is 10.3. The number of thiophene rings is 1. The number of benzene rings is 1. The summed E-state index contributed by atoms with van der Waals surface area (Å²) in [4.78, 5) is 9.58. The Labute approximate surface area is 189 Å². The van der Waals surface area contributed by atoms with Crippen molar-refractivity contribution >= 4 is 41.3 Å². The first kappa shape index (κ1) is 23.1. The Balaban J connectivity index is 0.00000280. The van der Waals surface area contributed by atoms with Gasteiger partial charge in [0.15, 0.2) is 5.96 Å². The van der Waals surface area contributed by atoms with Crippen molar-refractivity contribution in [2.75, 3.05) is 33.4 Å². The van der Waals surface area contributed by atoms with E-state index in [0.717, 1.165) is 58.3 Å². The molecule has 1 aliphatic heterocycles. The van der Waals surface area contributed by atoms with Gasteiger partial charge in [-0.3, -0.25) is 9.89 Å². The molecule has 0 atom stereocenters. The molecule has 0 aliphatic carbocycles. The molecule has 1 aromatic heterocycles. The minimum absolute atomic E-state index is 0. The molecule has 0 amide bonds. The molecule has 1 aromatic carbocycles. The van der Waals surface area contributed by atoms with Crippen LogP contribution in [0.4, 0.5) is 0 Å². The monoisotopic (exact) mass is 514 g/mol. The van der Waals surface area contributed by atoms with Crippen molar-refractivity contribution in [2.45, 2.75) is 33.0 Å². The molecule has 3 rings (SSSR count). The first-order valence-corrected chi connectivity index (χ1v) is 10.5. The first-order chi connectivity index (χ1) is 13.3. The van der Waals surface area contributed by atoms with Crippen molar-refractivity contribution in [1.82, 2.24) is 15.5 Å². The zero-order chi connectivity index (χ0) is 18.9. The molecule has 0 bridgehead atoms. The molecule has 1 fully saturated rings. The smallest absolute Gasteiger partial charge is 0.191 e. The van der Waals surface area contributed by atoms with E-state index in [9.17, 15) is 0 Å². The van der Waals surface area contributed by atoms with E-state index in [1.165, 1.54) is 20.9 Å². The van der Waals surface area contributed by atoms with E-state index in [0.29, 0.717) is 0 Å². The zero-order valence-electron chi connectivity index (χ0n) is 16.7. The molecule has 0 saturated carbocycles. The highest BCUT2D eigenvalue weighted by atomic mass is 127. The van der Waals surface area contributed by atoms with Gasteiger partial charge in [-0.1, -0.05) is 31.2 Å². The Morgan fingerprint density at radius 2 is 1.71 bits per heavy atom. The molecule has 1 saturated heterocycles. The Bertz CT molecular complexity index is 744. The number of hydrogen-bond acceptors (Lipinski definition) is 4. The van der Waals surface area contributed by atoms with Crippen LogP contribution in [0.5, 0.6) is 0 Å². The zero-order valence-corrected chi connectivity index (χ0v) is 19.9. The number of nitrogens with zero attached hydrogens (tertiary/aromatic N) is 2. The topological polar surface area (TPSA) is 48.9 Å². The fourth-order valence-electron chi connectivity index (χ4n) is 3.16. The van der Waals surface area contributed by atoms with Crippen LogP contribution in [0.25, 0.3) is 0 Å². The number of aliphatic imine (C=N–C) groups is 1. The van der Waals surface area contributed by atoms with Crippen molar-refractivity contribution in [3.05, 3.63) is 57.3 Å². The average Bonchev–Trinajstić information content (AvgIpc) is 3.18. The Morgan fingerprint density at radius 1 is 1.04 bits per heavy atom. The summed E-state index contributed by atoms with van der Waals surface area (Å²) >= 11 is 1.86. The molecule has 5 nitrogen and oxygen atoms in total. The van der Waals surface area contributed by atoms with E-state index in [-0.39, 0.29) is 24.0 Å². The van der Waals surface area contributed by atoms with Crippen molar-refractivity contribution in [1.29, 1.82) is 0 Å². The number of ether oxygens (including phenoxy) is 1. The minimum atomic E-state index is 0. The second-order valence-corrected chi connectivity index (χ2v) is 7.91. The summed E-state index contributed by atoms with van der Waals surface area (Å²) in [5.74, 6) is 0.836. The quantitative estimate of drug-likeness (QED) is 0.337. The molecule has 0 spiro atoms. The molecule has 2 heterocycles. The van der Waals surface area contributed by atoms with Crippen LogP contribution in [0.3, 0.4) is 0 Å². The third-order valence-electron chi connectivity index (χ3n) is 4.78. The number of halogens is 1. The van der Waals surface area contributed by atoms with Gasteiger partial charge in [0.05, 0.1) is 19.8 Å². The second-order valence-electron chi connectivity index (χ2n) is 6.66. The van der Waals surface area contributed by atoms with Crippen LogP contribution in [0, 0.1) is 0 Å². The van der Waals surface area contributed by atoms with Gasteiger partial charge in [-0.05, 0) is 29.7 Å². The van der Waals surface area contributed by atoms with Gasteiger partial charge in [-0.25, -0.2) is 0 Å². The number of hydrogen-bond donors (Lipinski definition) is 2. The molecule has 154 valence electrons. The fourth-order valence-corrected chi connectivity index (χ4v) is 4.06. The molecule has 0 unspecified atom stereocenters. The molecular weight excluding hydrogens is 483 g/mol. The number of guanidine groups is 1. The lowest BCUT2D eigenvalue weighted by atomic mass is 10.1. The number of aryl methyl sites for hydroxylation is 1. The summed E-state index contributed by atoms with van der Waals surface area (Å²) in [7, 11) is 1.82. The molecule has 7 heteroatoms. The number of rotatable bonds is 7. The van der Waals surface area contributed by atoms with Crippen LogP contribution in [0.1, 0.15) is 27.8 Å². The van der Waals surface area contributed by atoms with Gasteiger partial charge in [0, 0.05) is 43.0 Å². The molecule has 2 aromatic rings. The standard InChI is InChI=1S/C21H30N4OS.HI/c1-3-19-8-9-20(27-19)15-24-21(22-2)23-14-17-6-4-5-7-18(17)16-25-10-12-26-13-11-25;/h4-9H,3,10-16H2,1-2H3,(H2,22,23,24);1H. The van der Waals surface area contributed by atoms with Crippen LogP contribution in [-0.4, -0.2) is 44.2 Å². The summed E-state index contributed by atoms with van der Waals surface area (Å²) in [6.07, 6.45) is 1.09. The lowest BCUT2D eigenvalue weighted by Gasteiger charge is -2.27. The molecule has 0 radical (unpaired) electrons. The van der Waals surface area contributed by atoms with Gasteiger partial charge in [-0.2, -0.15) is 0 Å². The molecular formula is C21H31IN4OS. The summed E-state index contributed by atoms with van der Waals surface area (Å²) in [5, 5.41) is 6.87. The Morgan fingerprint density at radius 3 is 2.39 bits per heavy atom. The predicted octanol–water partition coefficient (Wildman–Crippen LogP) is 3.63. The summed E-state index contributed by atoms with van der Waals surface area (Å²) in [5.41, 5.74) is 2.68. The van der Waals surface area contributed by atoms with E-state index < -0.39 is 0 Å². The summed E-state index contributed by atoms with van der Waals surface area (Å²) < 4.78 is 5.46. The third kappa shape index (κ3) is 7.02. The fraction of sp³-hybridized carbons (Fsp3) is 0.476.